The summed E-state index contributed by atoms with van der Waals surface area (Å²) in [5, 5.41) is 0.936. The molecule has 0 atom stereocenters. The molecule has 3 nitrogen and oxygen atoms in total. The van der Waals surface area contributed by atoms with Crippen LogP contribution < -0.4 is 4.89 Å². The molecule has 0 aliphatic carbocycles. The molecule has 184 valence electrons. The second-order valence-corrected chi connectivity index (χ2v) is 10.2. The SMILES string of the molecule is CCCC(=O)OOc1ccc(SCCCc2sc3cc(C(F)(F)F)ccc3c2CC)cc1CC. The zero-order valence-corrected chi connectivity index (χ0v) is 21.2. The highest BCUT2D eigenvalue weighted by molar-refractivity contribution is 7.99. The first-order chi connectivity index (χ1) is 16.3. The van der Waals surface area contributed by atoms with Gasteiger partial charge in [0, 0.05) is 26.5 Å². The topological polar surface area (TPSA) is 35.5 Å². The number of hydrogen-bond acceptors (Lipinski definition) is 5. The maximum atomic E-state index is 13.1. The summed E-state index contributed by atoms with van der Waals surface area (Å²) >= 11 is 3.21. The van der Waals surface area contributed by atoms with Crippen LogP contribution in [0.1, 0.15) is 61.6 Å². The van der Waals surface area contributed by atoms with Crippen LogP contribution in [0.3, 0.4) is 0 Å². The van der Waals surface area contributed by atoms with Crippen LogP contribution in [-0.4, -0.2) is 11.7 Å². The van der Waals surface area contributed by atoms with Gasteiger partial charge in [-0.25, -0.2) is 4.79 Å². The van der Waals surface area contributed by atoms with Crippen molar-refractivity contribution < 1.29 is 27.7 Å². The molecule has 34 heavy (non-hydrogen) atoms. The van der Waals surface area contributed by atoms with Crippen LogP contribution in [0, 0.1) is 0 Å². The Kier molecular flexibility index (Phi) is 9.31. The van der Waals surface area contributed by atoms with Gasteiger partial charge in [-0.3, -0.25) is 9.78 Å². The quantitative estimate of drug-likeness (QED) is 0.112. The standard InChI is InChI=1S/C26H29F3O3S2/c1-4-8-25(30)32-31-22-13-11-19(15-17(22)5-2)33-14-7-9-23-20(6-3)21-12-10-18(26(27,28)29)16-24(21)34-23/h10-13,15-16H,4-9,14H2,1-3H3. The van der Waals surface area contributed by atoms with E-state index >= 15 is 0 Å². The van der Waals surface area contributed by atoms with Gasteiger partial charge in [0.15, 0.2) is 5.75 Å². The van der Waals surface area contributed by atoms with Gasteiger partial charge in [0.25, 0.3) is 0 Å². The van der Waals surface area contributed by atoms with E-state index in [0.29, 0.717) is 23.3 Å². The molecule has 0 aliphatic heterocycles. The average molecular weight is 511 g/mol. The Morgan fingerprint density at radius 1 is 1.06 bits per heavy atom. The van der Waals surface area contributed by atoms with Crippen LogP contribution in [0.5, 0.6) is 5.75 Å². The zero-order chi connectivity index (χ0) is 24.7. The van der Waals surface area contributed by atoms with E-state index in [1.54, 1.807) is 17.8 Å². The minimum atomic E-state index is -4.32. The summed E-state index contributed by atoms with van der Waals surface area (Å²) in [5.74, 6) is 1.05. The summed E-state index contributed by atoms with van der Waals surface area (Å²) < 4.78 is 39.9. The van der Waals surface area contributed by atoms with Gasteiger partial charge in [0.05, 0.1) is 5.56 Å². The summed E-state index contributed by atoms with van der Waals surface area (Å²) in [7, 11) is 0. The second-order valence-electron chi connectivity index (χ2n) is 7.93. The normalized spacial score (nSPS) is 11.7. The van der Waals surface area contributed by atoms with Crippen LogP contribution in [0.15, 0.2) is 41.3 Å². The number of alkyl halides is 3. The van der Waals surface area contributed by atoms with E-state index in [1.807, 2.05) is 39.0 Å². The fraction of sp³-hybridized carbons (Fsp3) is 0.423. The fourth-order valence-corrected chi connectivity index (χ4v) is 6.02. The van der Waals surface area contributed by atoms with Crippen molar-refractivity contribution in [2.45, 2.75) is 70.4 Å². The minimum absolute atomic E-state index is 0.318. The first-order valence-corrected chi connectivity index (χ1v) is 13.3. The molecule has 3 aromatic rings. The molecular formula is C26H29F3O3S2. The number of benzene rings is 2. The van der Waals surface area contributed by atoms with Crippen LogP contribution in [0.2, 0.25) is 0 Å². The van der Waals surface area contributed by atoms with Gasteiger partial charge in [0.2, 0.25) is 0 Å². The van der Waals surface area contributed by atoms with E-state index in [1.165, 1.54) is 28.3 Å². The monoisotopic (exact) mass is 510 g/mol. The van der Waals surface area contributed by atoms with E-state index in [4.69, 9.17) is 9.78 Å². The van der Waals surface area contributed by atoms with Crippen LogP contribution >= 0.6 is 23.1 Å². The molecule has 1 aromatic heterocycles. The number of thioether (sulfide) groups is 1. The van der Waals surface area contributed by atoms with Crippen LogP contribution in [0.25, 0.3) is 10.1 Å². The third kappa shape index (κ3) is 6.69. The van der Waals surface area contributed by atoms with Gasteiger partial charge in [-0.2, -0.15) is 13.2 Å². The molecule has 0 aliphatic rings. The summed E-state index contributed by atoms with van der Waals surface area (Å²) in [6, 6.07) is 9.87. The molecule has 0 radical (unpaired) electrons. The number of aryl methyl sites for hydroxylation is 3. The molecule has 0 saturated heterocycles. The maximum absolute atomic E-state index is 13.1. The summed E-state index contributed by atoms with van der Waals surface area (Å²) in [6.07, 6.45) is 0.00872. The largest absolute Gasteiger partial charge is 0.416 e. The lowest BCUT2D eigenvalue weighted by Crippen LogP contribution is -2.08. The zero-order valence-electron chi connectivity index (χ0n) is 19.6. The number of thiophene rings is 1. The first kappa shape index (κ1) is 26.4. The Balaban J connectivity index is 1.60. The molecular weight excluding hydrogens is 481 g/mol. The highest BCUT2D eigenvalue weighted by Crippen LogP contribution is 2.38. The highest BCUT2D eigenvalue weighted by atomic mass is 32.2. The van der Waals surface area contributed by atoms with Gasteiger partial charge in [-0.05, 0) is 79.1 Å². The van der Waals surface area contributed by atoms with Crippen molar-refractivity contribution >= 4 is 39.2 Å². The second kappa shape index (κ2) is 12.0. The molecule has 0 saturated carbocycles. The van der Waals surface area contributed by atoms with Crippen molar-refractivity contribution in [2.24, 2.45) is 0 Å². The number of fused-ring (bicyclic) bond motifs is 1. The van der Waals surface area contributed by atoms with E-state index in [9.17, 15) is 18.0 Å². The average Bonchev–Trinajstić information content (AvgIpc) is 3.17. The lowest BCUT2D eigenvalue weighted by atomic mass is 10.0. The van der Waals surface area contributed by atoms with E-state index < -0.39 is 11.7 Å². The van der Waals surface area contributed by atoms with Gasteiger partial charge in [-0.1, -0.05) is 26.8 Å². The number of hydrogen-bond donors (Lipinski definition) is 0. The Morgan fingerprint density at radius 2 is 1.85 bits per heavy atom. The Labute approximate surface area is 206 Å². The van der Waals surface area contributed by atoms with E-state index in [2.05, 4.69) is 0 Å². The molecule has 0 unspecified atom stereocenters. The maximum Gasteiger partial charge on any atom is 0.416 e. The highest BCUT2D eigenvalue weighted by Gasteiger charge is 2.31. The first-order valence-electron chi connectivity index (χ1n) is 11.5. The van der Waals surface area contributed by atoms with E-state index in [-0.39, 0.29) is 5.97 Å². The number of carbonyl (C=O) groups is 1. The van der Waals surface area contributed by atoms with Crippen molar-refractivity contribution in [1.29, 1.82) is 0 Å². The summed E-state index contributed by atoms with van der Waals surface area (Å²) in [5.41, 5.74) is 1.53. The predicted octanol–water partition coefficient (Wildman–Crippen LogP) is 8.41. The van der Waals surface area contributed by atoms with Gasteiger partial charge in [-0.15, -0.1) is 23.1 Å². The lowest BCUT2D eigenvalue weighted by Gasteiger charge is -2.10. The Morgan fingerprint density at radius 3 is 2.53 bits per heavy atom. The molecule has 8 heteroatoms. The number of halogens is 3. The van der Waals surface area contributed by atoms with E-state index in [0.717, 1.165) is 52.8 Å². The van der Waals surface area contributed by atoms with Crippen molar-refractivity contribution in [1.82, 2.24) is 0 Å². The molecule has 0 fully saturated rings. The molecule has 0 N–H and O–H groups in total. The van der Waals surface area contributed by atoms with Gasteiger partial charge in [0.1, 0.15) is 0 Å². The molecule has 0 bridgehead atoms. The summed E-state index contributed by atoms with van der Waals surface area (Å²) in [4.78, 5) is 23.9. The Hall–Kier alpha value is -2.19. The molecule has 1 heterocycles. The van der Waals surface area contributed by atoms with Crippen molar-refractivity contribution in [2.75, 3.05) is 5.75 Å². The van der Waals surface area contributed by atoms with Crippen molar-refractivity contribution in [3.63, 3.8) is 0 Å². The molecule has 2 aromatic carbocycles. The molecule has 3 rings (SSSR count). The molecule has 0 amide bonds. The Bertz CT molecular complexity index is 1120. The van der Waals surface area contributed by atoms with Crippen LogP contribution in [-0.2, 0) is 35.1 Å². The molecule has 0 spiro atoms. The van der Waals surface area contributed by atoms with Gasteiger partial charge >= 0.3 is 12.1 Å². The van der Waals surface area contributed by atoms with Crippen molar-refractivity contribution in [3.8, 4) is 5.75 Å². The minimum Gasteiger partial charge on any atom is -0.287 e. The number of carbonyl (C=O) groups excluding carboxylic acids is 1. The van der Waals surface area contributed by atoms with Crippen LogP contribution in [0.4, 0.5) is 13.2 Å². The number of rotatable bonds is 11. The smallest absolute Gasteiger partial charge is 0.287 e. The lowest BCUT2D eigenvalue weighted by molar-refractivity contribution is -0.214. The summed E-state index contributed by atoms with van der Waals surface area (Å²) in [6.45, 7) is 5.97. The predicted molar refractivity (Wildman–Crippen MR) is 133 cm³/mol. The third-order valence-electron chi connectivity index (χ3n) is 5.47. The van der Waals surface area contributed by atoms with Gasteiger partial charge < -0.3 is 0 Å². The van der Waals surface area contributed by atoms with Crippen molar-refractivity contribution in [3.05, 3.63) is 58.0 Å². The fourth-order valence-electron chi connectivity index (χ4n) is 3.73. The third-order valence-corrected chi connectivity index (χ3v) is 7.80.